The third-order valence-corrected chi connectivity index (χ3v) is 9.08. The predicted octanol–water partition coefficient (Wildman–Crippen LogP) is 2.79. The first-order chi connectivity index (χ1) is 14.0. The van der Waals surface area contributed by atoms with E-state index in [2.05, 4.69) is 15.5 Å². The topological polar surface area (TPSA) is 105 Å². The van der Waals surface area contributed by atoms with E-state index in [-0.39, 0.29) is 35.2 Å². The quantitative estimate of drug-likeness (QED) is 0.605. The number of carbonyl (C=O) groups excluding carboxylic acids is 1. The number of hydrogen-bond acceptors (Lipinski definition) is 9. The second kappa shape index (κ2) is 9.05. The molecule has 4 rings (SSSR count). The van der Waals surface area contributed by atoms with Crippen LogP contribution >= 0.6 is 23.1 Å². The smallest absolute Gasteiger partial charge is 0.233 e. The molecule has 0 unspecified atom stereocenters. The zero-order valence-electron chi connectivity index (χ0n) is 16.0. The Morgan fingerprint density at radius 3 is 2.79 bits per heavy atom. The molecule has 0 spiro atoms. The number of anilines is 1. The lowest BCUT2D eigenvalue weighted by Crippen LogP contribution is -2.47. The number of amides is 1. The van der Waals surface area contributed by atoms with Gasteiger partial charge in [0.2, 0.25) is 11.0 Å². The van der Waals surface area contributed by atoms with Crippen LogP contribution in [-0.2, 0) is 21.2 Å². The number of rotatable bonds is 8. The van der Waals surface area contributed by atoms with Crippen molar-refractivity contribution < 1.29 is 17.6 Å². The van der Waals surface area contributed by atoms with Crippen LogP contribution in [0.4, 0.5) is 5.13 Å². The lowest BCUT2D eigenvalue weighted by molar-refractivity contribution is -0.132. The molecule has 11 heteroatoms. The first-order valence-electron chi connectivity index (χ1n) is 9.74. The monoisotopic (exact) mass is 456 g/mol. The van der Waals surface area contributed by atoms with Gasteiger partial charge in [-0.05, 0) is 31.4 Å². The molecule has 2 fully saturated rings. The second-order valence-electron chi connectivity index (χ2n) is 7.39. The Kier molecular flexibility index (Phi) is 6.45. The van der Waals surface area contributed by atoms with Gasteiger partial charge in [-0.25, -0.2) is 8.42 Å². The van der Waals surface area contributed by atoms with E-state index in [1.807, 2.05) is 17.0 Å². The summed E-state index contributed by atoms with van der Waals surface area (Å²) in [6, 6.07) is 3.69. The molecule has 2 aliphatic rings. The lowest BCUT2D eigenvalue weighted by atomic mass is 10.1. The van der Waals surface area contributed by atoms with E-state index in [0.29, 0.717) is 22.4 Å². The zero-order valence-corrected chi connectivity index (χ0v) is 18.4. The van der Waals surface area contributed by atoms with Gasteiger partial charge in [0.25, 0.3) is 0 Å². The number of furan rings is 1. The van der Waals surface area contributed by atoms with E-state index in [1.54, 1.807) is 6.26 Å². The first kappa shape index (κ1) is 20.7. The number of carbonyl (C=O) groups is 1. The molecule has 1 atom stereocenters. The van der Waals surface area contributed by atoms with Gasteiger partial charge in [0.1, 0.15) is 5.76 Å². The molecule has 29 heavy (non-hydrogen) atoms. The van der Waals surface area contributed by atoms with Crippen molar-refractivity contribution in [2.24, 2.45) is 0 Å². The summed E-state index contributed by atoms with van der Waals surface area (Å²) in [5.41, 5.74) is 0. The average Bonchev–Trinajstić information content (AvgIpc) is 3.47. The van der Waals surface area contributed by atoms with E-state index in [4.69, 9.17) is 4.42 Å². The maximum Gasteiger partial charge on any atom is 0.233 e. The van der Waals surface area contributed by atoms with Gasteiger partial charge >= 0.3 is 0 Å². The van der Waals surface area contributed by atoms with Crippen LogP contribution in [0, 0.1) is 0 Å². The van der Waals surface area contributed by atoms with Crippen LogP contribution < -0.4 is 5.32 Å². The zero-order chi connectivity index (χ0) is 20.3. The van der Waals surface area contributed by atoms with Crippen molar-refractivity contribution in [1.82, 2.24) is 15.1 Å². The molecule has 158 valence electrons. The largest absolute Gasteiger partial charge is 0.467 e. The van der Waals surface area contributed by atoms with Crippen molar-refractivity contribution >= 4 is 44.0 Å². The average molecular weight is 457 g/mol. The van der Waals surface area contributed by atoms with Crippen molar-refractivity contribution in [3.63, 3.8) is 0 Å². The van der Waals surface area contributed by atoms with E-state index in [9.17, 15) is 13.2 Å². The summed E-state index contributed by atoms with van der Waals surface area (Å²) < 4.78 is 29.9. The molecule has 8 nitrogen and oxygen atoms in total. The SMILES string of the molecule is O=C(CSc1nnc(NCc2ccco2)s1)N(C1CCCC1)[C@@H]1CCS(=O)(=O)C1. The molecule has 1 saturated carbocycles. The third-order valence-electron chi connectivity index (χ3n) is 5.33. The predicted molar refractivity (Wildman–Crippen MR) is 113 cm³/mol. The molecular formula is C18H24N4O4S3. The normalized spacial score (nSPS) is 21.4. The molecule has 3 heterocycles. The highest BCUT2D eigenvalue weighted by molar-refractivity contribution is 8.01. The highest BCUT2D eigenvalue weighted by Gasteiger charge is 2.38. The van der Waals surface area contributed by atoms with Gasteiger partial charge in [0.05, 0.1) is 30.1 Å². The summed E-state index contributed by atoms with van der Waals surface area (Å²) in [5, 5.41) is 12.1. The number of aromatic nitrogens is 2. The van der Waals surface area contributed by atoms with Gasteiger partial charge in [0, 0.05) is 12.1 Å². The van der Waals surface area contributed by atoms with E-state index in [0.717, 1.165) is 31.4 Å². The maximum atomic E-state index is 13.0. The van der Waals surface area contributed by atoms with Crippen LogP contribution in [0.2, 0.25) is 0 Å². The minimum Gasteiger partial charge on any atom is -0.467 e. The lowest BCUT2D eigenvalue weighted by Gasteiger charge is -2.34. The fraction of sp³-hybridized carbons (Fsp3) is 0.611. The molecule has 2 aromatic rings. The summed E-state index contributed by atoms with van der Waals surface area (Å²) in [7, 11) is -3.03. The Hall–Kier alpha value is -1.59. The molecular weight excluding hydrogens is 432 g/mol. The number of thioether (sulfide) groups is 1. The summed E-state index contributed by atoms with van der Waals surface area (Å²) in [5.74, 6) is 1.34. The number of nitrogens with zero attached hydrogens (tertiary/aromatic N) is 3. The van der Waals surface area contributed by atoms with Gasteiger partial charge in [-0.1, -0.05) is 35.9 Å². The Balaban J connectivity index is 1.34. The Bertz CT molecular complexity index is 923. The van der Waals surface area contributed by atoms with E-state index >= 15 is 0 Å². The van der Waals surface area contributed by atoms with Gasteiger partial charge in [-0.2, -0.15) is 0 Å². The van der Waals surface area contributed by atoms with Gasteiger partial charge < -0.3 is 14.6 Å². The molecule has 1 saturated heterocycles. The Morgan fingerprint density at radius 1 is 1.28 bits per heavy atom. The van der Waals surface area contributed by atoms with Crippen LogP contribution in [-0.4, -0.2) is 58.8 Å². The summed E-state index contributed by atoms with van der Waals surface area (Å²) >= 11 is 2.75. The van der Waals surface area contributed by atoms with Crippen LogP contribution in [0.25, 0.3) is 0 Å². The summed E-state index contributed by atoms with van der Waals surface area (Å²) in [4.78, 5) is 14.9. The maximum absolute atomic E-state index is 13.0. The van der Waals surface area contributed by atoms with Gasteiger partial charge in [-0.15, -0.1) is 10.2 Å². The number of nitrogens with one attached hydrogen (secondary N) is 1. The van der Waals surface area contributed by atoms with Crippen LogP contribution in [0.15, 0.2) is 27.2 Å². The Morgan fingerprint density at radius 2 is 2.10 bits per heavy atom. The molecule has 0 bridgehead atoms. The fourth-order valence-corrected chi connectivity index (χ4v) is 7.32. The molecule has 2 aromatic heterocycles. The minimum atomic E-state index is -3.03. The molecule has 1 aliphatic heterocycles. The standard InChI is InChI=1S/C18H24N4O4S3/c23-16(22(13-4-1-2-5-13)14-7-9-29(24,25)12-14)11-27-18-21-20-17(28-18)19-10-15-6-3-8-26-15/h3,6,8,13-14H,1-2,4-5,7,9-12H2,(H,19,20)/t14-/m1/s1. The number of hydrogen-bond donors (Lipinski definition) is 1. The highest BCUT2D eigenvalue weighted by Crippen LogP contribution is 2.31. The van der Waals surface area contributed by atoms with Crippen LogP contribution in [0.3, 0.4) is 0 Å². The van der Waals surface area contributed by atoms with Crippen LogP contribution in [0.1, 0.15) is 37.9 Å². The molecule has 0 radical (unpaired) electrons. The minimum absolute atomic E-state index is 0.00398. The second-order valence-corrected chi connectivity index (χ2v) is 11.8. The fourth-order valence-electron chi connectivity index (χ4n) is 4.00. The molecule has 1 aliphatic carbocycles. The van der Waals surface area contributed by atoms with Crippen molar-refractivity contribution in [3.05, 3.63) is 24.2 Å². The third kappa shape index (κ3) is 5.32. The van der Waals surface area contributed by atoms with Crippen molar-refractivity contribution in [3.8, 4) is 0 Å². The molecule has 1 N–H and O–H groups in total. The van der Waals surface area contributed by atoms with E-state index < -0.39 is 9.84 Å². The molecule has 0 aromatic carbocycles. The first-order valence-corrected chi connectivity index (χ1v) is 13.4. The molecule has 1 amide bonds. The number of sulfone groups is 1. The van der Waals surface area contributed by atoms with Crippen LogP contribution in [0.5, 0.6) is 0 Å². The summed E-state index contributed by atoms with van der Waals surface area (Å²) in [6.45, 7) is 0.525. The van der Waals surface area contributed by atoms with Crippen molar-refractivity contribution in [1.29, 1.82) is 0 Å². The van der Waals surface area contributed by atoms with Crippen molar-refractivity contribution in [2.45, 2.75) is 55.1 Å². The highest BCUT2D eigenvalue weighted by atomic mass is 32.2. The van der Waals surface area contributed by atoms with Gasteiger partial charge in [-0.3, -0.25) is 4.79 Å². The van der Waals surface area contributed by atoms with Crippen molar-refractivity contribution in [2.75, 3.05) is 22.6 Å². The van der Waals surface area contributed by atoms with E-state index in [1.165, 1.54) is 23.1 Å². The van der Waals surface area contributed by atoms with Gasteiger partial charge in [0.15, 0.2) is 14.2 Å². The Labute approximate surface area is 178 Å². The summed E-state index contributed by atoms with van der Waals surface area (Å²) in [6.07, 6.45) is 6.30.